The summed E-state index contributed by atoms with van der Waals surface area (Å²) in [5.41, 5.74) is 8.30. The van der Waals surface area contributed by atoms with Gasteiger partial charge in [0.1, 0.15) is 0 Å². The van der Waals surface area contributed by atoms with Gasteiger partial charge in [0.25, 0.3) is 5.56 Å². The van der Waals surface area contributed by atoms with E-state index in [0.29, 0.717) is 5.56 Å². The molecule has 2 rings (SSSR count). The molecule has 0 atom stereocenters. The lowest BCUT2D eigenvalue weighted by molar-refractivity contribution is 0.591. The summed E-state index contributed by atoms with van der Waals surface area (Å²) in [7, 11) is 0. The number of fused-ring (bicyclic) bond motifs is 1. The van der Waals surface area contributed by atoms with Gasteiger partial charge in [-0.05, 0) is 34.6 Å². The highest BCUT2D eigenvalue weighted by atomic mass is 16.1. The Balaban J connectivity index is 2.69. The molecule has 1 heterocycles. The largest absolute Gasteiger partial charge is 0.326 e. The van der Waals surface area contributed by atoms with Crippen molar-refractivity contribution >= 4 is 10.9 Å². The molecule has 0 aliphatic rings. The van der Waals surface area contributed by atoms with Crippen molar-refractivity contribution in [2.75, 3.05) is 0 Å². The maximum atomic E-state index is 11.6. The van der Waals surface area contributed by atoms with Crippen LogP contribution in [0.5, 0.6) is 0 Å². The molecule has 0 amide bonds. The topological polar surface area (TPSA) is 58.9 Å². The monoisotopic (exact) mass is 230 g/mol. The molecule has 0 aliphatic heterocycles. The van der Waals surface area contributed by atoms with Crippen LogP contribution < -0.4 is 11.3 Å². The van der Waals surface area contributed by atoms with Crippen molar-refractivity contribution in [3.05, 3.63) is 45.7 Å². The van der Waals surface area contributed by atoms with Crippen LogP contribution in [0.4, 0.5) is 0 Å². The summed E-state index contributed by atoms with van der Waals surface area (Å²) < 4.78 is 0. The van der Waals surface area contributed by atoms with E-state index in [2.05, 4.69) is 37.9 Å². The fraction of sp³-hybridized carbons (Fsp3) is 0.357. The normalized spacial score (nSPS) is 12.0. The highest BCUT2D eigenvalue weighted by Crippen LogP contribution is 2.25. The maximum absolute atomic E-state index is 11.6. The zero-order valence-corrected chi connectivity index (χ0v) is 10.5. The minimum absolute atomic E-state index is 0.0940. The lowest BCUT2D eigenvalue weighted by atomic mass is 9.86. The van der Waals surface area contributed by atoms with Crippen molar-refractivity contribution in [2.45, 2.75) is 32.7 Å². The predicted octanol–water partition coefficient (Wildman–Crippen LogP) is 2.28. The third-order valence-electron chi connectivity index (χ3n) is 3.01. The van der Waals surface area contributed by atoms with Crippen LogP contribution in [0.15, 0.2) is 29.1 Å². The first-order chi connectivity index (χ1) is 7.91. The Kier molecular flexibility index (Phi) is 2.79. The van der Waals surface area contributed by atoms with Crippen LogP contribution in [0.2, 0.25) is 0 Å². The average molecular weight is 230 g/mol. The Morgan fingerprint density at radius 2 is 1.94 bits per heavy atom. The first kappa shape index (κ1) is 11.9. The molecule has 0 saturated carbocycles. The Bertz CT molecular complexity index is 606. The maximum Gasteiger partial charge on any atom is 0.252 e. The third kappa shape index (κ3) is 2.24. The first-order valence-electron chi connectivity index (χ1n) is 5.78. The molecule has 0 spiro atoms. The highest BCUT2D eigenvalue weighted by molar-refractivity contribution is 5.80. The summed E-state index contributed by atoms with van der Waals surface area (Å²) in [4.78, 5) is 14.5. The molecule has 3 N–H and O–H groups in total. The quantitative estimate of drug-likeness (QED) is 0.789. The number of hydrogen-bond donors (Lipinski definition) is 2. The number of nitrogens with two attached hydrogens (primary N) is 1. The molecule has 1 aromatic heterocycles. The van der Waals surface area contributed by atoms with Crippen molar-refractivity contribution in [1.82, 2.24) is 4.98 Å². The average Bonchev–Trinajstić information content (AvgIpc) is 2.26. The molecule has 0 saturated heterocycles. The van der Waals surface area contributed by atoms with Crippen LogP contribution in [-0.2, 0) is 12.0 Å². The van der Waals surface area contributed by atoms with E-state index in [4.69, 9.17) is 5.73 Å². The molecule has 0 unspecified atom stereocenters. The Hall–Kier alpha value is -1.61. The standard InChI is InChI=1S/C14H18N2O/c1-14(2,3)11-4-5-12-9(7-11)6-10(8-15)13(17)16-12/h4-7H,8,15H2,1-3H3,(H,16,17). The van der Waals surface area contributed by atoms with Crippen LogP contribution in [0, 0.1) is 0 Å². The van der Waals surface area contributed by atoms with E-state index in [-0.39, 0.29) is 17.5 Å². The number of benzene rings is 1. The molecule has 90 valence electrons. The molecule has 17 heavy (non-hydrogen) atoms. The molecule has 2 aromatic rings. The van der Waals surface area contributed by atoms with Gasteiger partial charge in [0.2, 0.25) is 0 Å². The van der Waals surface area contributed by atoms with Gasteiger partial charge in [-0.3, -0.25) is 4.79 Å². The van der Waals surface area contributed by atoms with Gasteiger partial charge in [-0.15, -0.1) is 0 Å². The van der Waals surface area contributed by atoms with E-state index in [1.165, 1.54) is 5.56 Å². The van der Waals surface area contributed by atoms with E-state index in [0.717, 1.165) is 10.9 Å². The van der Waals surface area contributed by atoms with Gasteiger partial charge < -0.3 is 10.7 Å². The van der Waals surface area contributed by atoms with Crippen molar-refractivity contribution < 1.29 is 0 Å². The molecule has 0 fully saturated rings. The predicted molar refractivity (Wildman–Crippen MR) is 71.2 cm³/mol. The van der Waals surface area contributed by atoms with Crippen LogP contribution >= 0.6 is 0 Å². The third-order valence-corrected chi connectivity index (χ3v) is 3.01. The summed E-state index contributed by atoms with van der Waals surface area (Å²) in [6, 6.07) is 8.01. The fourth-order valence-electron chi connectivity index (χ4n) is 1.87. The Labute approximate surface area is 101 Å². The highest BCUT2D eigenvalue weighted by Gasteiger charge is 2.14. The summed E-state index contributed by atoms with van der Waals surface area (Å²) in [6.45, 7) is 6.78. The molecule has 0 radical (unpaired) electrons. The van der Waals surface area contributed by atoms with E-state index in [1.807, 2.05) is 12.1 Å². The smallest absolute Gasteiger partial charge is 0.252 e. The number of H-pyrrole nitrogens is 1. The number of rotatable bonds is 1. The zero-order valence-electron chi connectivity index (χ0n) is 10.5. The zero-order chi connectivity index (χ0) is 12.6. The Morgan fingerprint density at radius 1 is 1.24 bits per heavy atom. The van der Waals surface area contributed by atoms with E-state index < -0.39 is 0 Å². The molecule has 0 aliphatic carbocycles. The van der Waals surface area contributed by atoms with Gasteiger partial charge in [0.05, 0.1) is 0 Å². The molecular formula is C14H18N2O. The van der Waals surface area contributed by atoms with Gasteiger partial charge >= 0.3 is 0 Å². The number of aromatic amines is 1. The van der Waals surface area contributed by atoms with Crippen molar-refractivity contribution in [2.24, 2.45) is 5.73 Å². The lowest BCUT2D eigenvalue weighted by Gasteiger charge is -2.19. The van der Waals surface area contributed by atoms with Crippen molar-refractivity contribution in [3.63, 3.8) is 0 Å². The van der Waals surface area contributed by atoms with Crippen LogP contribution in [-0.4, -0.2) is 4.98 Å². The summed E-state index contributed by atoms with van der Waals surface area (Å²) in [5.74, 6) is 0. The molecule has 3 heteroatoms. The lowest BCUT2D eigenvalue weighted by Crippen LogP contribution is -2.16. The molecule has 3 nitrogen and oxygen atoms in total. The van der Waals surface area contributed by atoms with Gasteiger partial charge in [-0.25, -0.2) is 0 Å². The number of hydrogen-bond acceptors (Lipinski definition) is 2. The number of nitrogens with one attached hydrogen (secondary N) is 1. The van der Waals surface area contributed by atoms with Crippen molar-refractivity contribution in [3.8, 4) is 0 Å². The molecule has 0 bridgehead atoms. The van der Waals surface area contributed by atoms with Gasteiger partial charge in [0.15, 0.2) is 0 Å². The number of aromatic nitrogens is 1. The second kappa shape index (κ2) is 4.00. The minimum Gasteiger partial charge on any atom is -0.326 e. The summed E-state index contributed by atoms with van der Waals surface area (Å²) in [6.07, 6.45) is 0. The van der Waals surface area contributed by atoms with Crippen LogP contribution in [0.1, 0.15) is 31.9 Å². The Morgan fingerprint density at radius 3 is 2.53 bits per heavy atom. The SMILES string of the molecule is CC(C)(C)c1ccc2[nH]c(=O)c(CN)cc2c1. The fourth-order valence-corrected chi connectivity index (χ4v) is 1.87. The number of pyridine rings is 1. The summed E-state index contributed by atoms with van der Waals surface area (Å²) >= 11 is 0. The van der Waals surface area contributed by atoms with E-state index >= 15 is 0 Å². The van der Waals surface area contributed by atoms with E-state index in [9.17, 15) is 4.79 Å². The molecule has 1 aromatic carbocycles. The van der Waals surface area contributed by atoms with Gasteiger partial charge in [-0.1, -0.05) is 26.8 Å². The van der Waals surface area contributed by atoms with E-state index in [1.54, 1.807) is 0 Å². The second-order valence-corrected chi connectivity index (χ2v) is 5.38. The van der Waals surface area contributed by atoms with Crippen LogP contribution in [0.3, 0.4) is 0 Å². The summed E-state index contributed by atoms with van der Waals surface area (Å²) in [5, 5.41) is 1.04. The molecular weight excluding hydrogens is 212 g/mol. The minimum atomic E-state index is -0.0940. The van der Waals surface area contributed by atoms with Gasteiger partial charge in [-0.2, -0.15) is 0 Å². The van der Waals surface area contributed by atoms with Crippen LogP contribution in [0.25, 0.3) is 10.9 Å². The second-order valence-electron chi connectivity index (χ2n) is 5.38. The van der Waals surface area contributed by atoms with Crippen molar-refractivity contribution in [1.29, 1.82) is 0 Å². The first-order valence-corrected chi connectivity index (χ1v) is 5.78. The van der Waals surface area contributed by atoms with Gasteiger partial charge in [0, 0.05) is 17.6 Å².